The Morgan fingerprint density at radius 1 is 1.50 bits per heavy atom. The van der Waals surface area contributed by atoms with Crippen molar-refractivity contribution in [3.8, 4) is 0 Å². The van der Waals surface area contributed by atoms with E-state index in [4.69, 9.17) is 5.11 Å². The number of anilines is 1. The largest absolute Gasteiger partial charge is 0.478 e. The zero-order valence-corrected chi connectivity index (χ0v) is 11.7. The van der Waals surface area contributed by atoms with Crippen LogP contribution in [0.25, 0.3) is 0 Å². The summed E-state index contributed by atoms with van der Waals surface area (Å²) >= 11 is 1.77. The molecule has 108 valence electrons. The monoisotopic (exact) mass is 298 g/mol. The fourth-order valence-corrected chi connectivity index (χ4v) is 3.03. The van der Waals surface area contributed by atoms with Crippen LogP contribution < -0.4 is 5.32 Å². The first-order valence-electron chi connectivity index (χ1n) is 6.18. The molecule has 2 N–H and O–H groups in total. The van der Waals surface area contributed by atoms with Gasteiger partial charge in [0.05, 0.1) is 11.3 Å². The second kappa shape index (κ2) is 6.13. The molecule has 2 amide bonds. The third kappa shape index (κ3) is 3.22. The van der Waals surface area contributed by atoms with Gasteiger partial charge in [0, 0.05) is 24.1 Å². The minimum atomic E-state index is -1.28. The topological polar surface area (TPSA) is 69.6 Å². The number of hydrogen-bond donors (Lipinski definition) is 2. The molecule has 0 aliphatic carbocycles. The number of carboxylic acids is 1. The van der Waals surface area contributed by atoms with Crippen molar-refractivity contribution in [1.29, 1.82) is 0 Å². The Morgan fingerprint density at radius 3 is 2.90 bits per heavy atom. The van der Waals surface area contributed by atoms with Crippen molar-refractivity contribution in [2.45, 2.75) is 12.2 Å². The summed E-state index contributed by atoms with van der Waals surface area (Å²) in [4.78, 5) is 24.7. The van der Waals surface area contributed by atoms with Gasteiger partial charge >= 0.3 is 12.0 Å². The average molecular weight is 298 g/mol. The summed E-state index contributed by atoms with van der Waals surface area (Å²) in [5.74, 6) is -1.21. The van der Waals surface area contributed by atoms with Crippen molar-refractivity contribution in [3.05, 3.63) is 29.6 Å². The summed E-state index contributed by atoms with van der Waals surface area (Å²) in [6.07, 6.45) is 0. The van der Waals surface area contributed by atoms with Crippen molar-refractivity contribution in [3.63, 3.8) is 0 Å². The smallest absolute Gasteiger partial charge is 0.337 e. The third-order valence-corrected chi connectivity index (χ3v) is 4.14. The van der Waals surface area contributed by atoms with E-state index in [0.29, 0.717) is 18.3 Å². The Labute approximate surface area is 120 Å². The quantitative estimate of drug-likeness (QED) is 0.880. The lowest BCUT2D eigenvalue weighted by Gasteiger charge is -2.30. The molecular formula is C13H15FN2O3S. The minimum absolute atomic E-state index is 0.252. The summed E-state index contributed by atoms with van der Waals surface area (Å²) in [6.45, 7) is 3.14. The Morgan fingerprint density at radius 2 is 2.25 bits per heavy atom. The molecule has 1 aromatic rings. The lowest BCUT2D eigenvalue weighted by molar-refractivity contribution is 0.0697. The number of aromatic carboxylic acids is 1. The van der Waals surface area contributed by atoms with Crippen LogP contribution in [0.3, 0.4) is 0 Å². The van der Waals surface area contributed by atoms with Crippen molar-refractivity contribution in [1.82, 2.24) is 4.90 Å². The summed E-state index contributed by atoms with van der Waals surface area (Å²) in [5.41, 5.74) is -0.534. The minimum Gasteiger partial charge on any atom is -0.478 e. The number of carboxylic acid groups (broad SMARTS) is 1. The van der Waals surface area contributed by atoms with Gasteiger partial charge in [0.1, 0.15) is 5.82 Å². The van der Waals surface area contributed by atoms with Gasteiger partial charge in [-0.05, 0) is 12.1 Å². The number of carbonyl (C=O) groups is 2. The van der Waals surface area contributed by atoms with Crippen LogP contribution in [-0.4, -0.2) is 46.1 Å². The van der Waals surface area contributed by atoms with E-state index in [1.165, 1.54) is 12.1 Å². The van der Waals surface area contributed by atoms with Crippen molar-refractivity contribution in [2.24, 2.45) is 0 Å². The zero-order chi connectivity index (χ0) is 14.7. The SMILES string of the molecule is CC1CN(C(=O)Nc2c(F)cccc2C(=O)O)CCS1. The van der Waals surface area contributed by atoms with Crippen LogP contribution in [0.15, 0.2) is 18.2 Å². The first-order chi connectivity index (χ1) is 9.49. The molecule has 2 rings (SSSR count). The number of urea groups is 1. The lowest BCUT2D eigenvalue weighted by Crippen LogP contribution is -2.43. The van der Waals surface area contributed by atoms with E-state index in [-0.39, 0.29) is 11.3 Å². The number of nitrogens with one attached hydrogen (secondary N) is 1. The van der Waals surface area contributed by atoms with E-state index in [1.54, 1.807) is 16.7 Å². The van der Waals surface area contributed by atoms with Gasteiger partial charge in [0.15, 0.2) is 0 Å². The van der Waals surface area contributed by atoms with Crippen molar-refractivity contribution >= 4 is 29.4 Å². The number of nitrogens with zero attached hydrogens (tertiary/aromatic N) is 1. The molecule has 1 aliphatic heterocycles. The van der Waals surface area contributed by atoms with Gasteiger partial charge in [0.2, 0.25) is 0 Å². The summed E-state index contributed by atoms with van der Waals surface area (Å²) in [5, 5.41) is 11.7. The lowest BCUT2D eigenvalue weighted by atomic mass is 10.1. The van der Waals surface area contributed by atoms with Crippen molar-refractivity contribution < 1.29 is 19.1 Å². The molecule has 1 aliphatic rings. The maximum Gasteiger partial charge on any atom is 0.337 e. The highest BCUT2D eigenvalue weighted by molar-refractivity contribution is 7.99. The van der Waals surface area contributed by atoms with Gasteiger partial charge in [0.25, 0.3) is 0 Å². The number of amides is 2. The van der Waals surface area contributed by atoms with Crippen LogP contribution in [-0.2, 0) is 0 Å². The van der Waals surface area contributed by atoms with Crippen LogP contribution in [0.1, 0.15) is 17.3 Å². The number of rotatable bonds is 2. The predicted molar refractivity (Wildman–Crippen MR) is 75.9 cm³/mol. The van der Waals surface area contributed by atoms with E-state index in [0.717, 1.165) is 11.8 Å². The Balaban J connectivity index is 2.17. The van der Waals surface area contributed by atoms with E-state index in [2.05, 4.69) is 5.32 Å². The molecular weight excluding hydrogens is 283 g/mol. The maximum atomic E-state index is 13.7. The number of halogens is 1. The van der Waals surface area contributed by atoms with Crippen LogP contribution in [0.5, 0.6) is 0 Å². The first-order valence-corrected chi connectivity index (χ1v) is 7.23. The number of carbonyl (C=O) groups excluding carboxylic acids is 1. The van der Waals surface area contributed by atoms with Gasteiger partial charge in [-0.25, -0.2) is 14.0 Å². The summed E-state index contributed by atoms with van der Waals surface area (Å²) < 4.78 is 13.7. The van der Waals surface area contributed by atoms with Crippen LogP contribution >= 0.6 is 11.8 Å². The molecule has 1 saturated heterocycles. The van der Waals surface area contributed by atoms with E-state index < -0.39 is 17.8 Å². The summed E-state index contributed by atoms with van der Waals surface area (Å²) in [6, 6.07) is 3.21. The Bertz CT molecular complexity index is 538. The standard InChI is InChI=1S/C13H15FN2O3S/c1-8-7-16(5-6-20-8)13(19)15-11-9(12(17)18)3-2-4-10(11)14/h2-4,8H,5-7H2,1H3,(H,15,19)(H,17,18). The normalized spacial score (nSPS) is 18.7. The molecule has 1 aromatic carbocycles. The van der Waals surface area contributed by atoms with Crippen LogP contribution in [0, 0.1) is 5.82 Å². The molecule has 1 atom stereocenters. The van der Waals surface area contributed by atoms with Gasteiger partial charge in [-0.2, -0.15) is 11.8 Å². The molecule has 0 radical (unpaired) electrons. The molecule has 1 fully saturated rings. The highest BCUT2D eigenvalue weighted by atomic mass is 32.2. The zero-order valence-electron chi connectivity index (χ0n) is 10.9. The van der Waals surface area contributed by atoms with Crippen LogP contribution in [0.2, 0.25) is 0 Å². The molecule has 0 aromatic heterocycles. The number of hydrogen-bond acceptors (Lipinski definition) is 3. The van der Waals surface area contributed by atoms with Gasteiger partial charge in [-0.15, -0.1) is 0 Å². The van der Waals surface area contributed by atoms with E-state index in [1.807, 2.05) is 6.92 Å². The molecule has 5 nitrogen and oxygen atoms in total. The molecule has 1 heterocycles. The predicted octanol–water partition coefficient (Wildman–Crippen LogP) is 2.49. The third-order valence-electron chi connectivity index (χ3n) is 3.00. The van der Waals surface area contributed by atoms with E-state index >= 15 is 0 Å². The Hall–Kier alpha value is -1.76. The highest BCUT2D eigenvalue weighted by Crippen LogP contribution is 2.22. The van der Waals surface area contributed by atoms with Gasteiger partial charge in [-0.1, -0.05) is 13.0 Å². The molecule has 20 heavy (non-hydrogen) atoms. The Kier molecular flexibility index (Phi) is 4.49. The second-order valence-corrected chi connectivity index (χ2v) is 6.07. The number of benzene rings is 1. The highest BCUT2D eigenvalue weighted by Gasteiger charge is 2.23. The molecule has 0 bridgehead atoms. The van der Waals surface area contributed by atoms with Crippen LogP contribution in [0.4, 0.5) is 14.9 Å². The van der Waals surface area contributed by atoms with Gasteiger partial charge in [-0.3, -0.25) is 0 Å². The maximum absolute atomic E-state index is 13.7. The number of thioether (sulfide) groups is 1. The molecule has 0 spiro atoms. The second-order valence-electron chi connectivity index (χ2n) is 4.53. The molecule has 7 heteroatoms. The van der Waals surface area contributed by atoms with E-state index in [9.17, 15) is 14.0 Å². The molecule has 1 unspecified atom stereocenters. The fourth-order valence-electron chi connectivity index (χ4n) is 2.02. The molecule has 0 saturated carbocycles. The van der Waals surface area contributed by atoms with Crippen molar-refractivity contribution in [2.75, 3.05) is 24.2 Å². The fraction of sp³-hybridized carbons (Fsp3) is 0.385. The first kappa shape index (κ1) is 14.6. The number of para-hydroxylation sites is 1. The average Bonchev–Trinajstić information content (AvgIpc) is 2.40. The van der Waals surface area contributed by atoms with Gasteiger partial charge < -0.3 is 15.3 Å². The summed E-state index contributed by atoms with van der Waals surface area (Å²) in [7, 11) is 0.